The van der Waals surface area contributed by atoms with E-state index in [9.17, 15) is 19.1 Å². The zero-order chi connectivity index (χ0) is 21.7. The van der Waals surface area contributed by atoms with E-state index in [4.69, 9.17) is 16.3 Å². The first-order valence-electron chi connectivity index (χ1n) is 9.15. The molecule has 3 aromatic rings. The molecule has 0 unspecified atom stereocenters. The molecule has 3 rings (SSSR count). The molecule has 0 aliphatic heterocycles. The molecule has 1 amide bonds. The molecular formula is C23H19ClFNO4. The van der Waals surface area contributed by atoms with Gasteiger partial charge in [-0.1, -0.05) is 41.9 Å². The summed E-state index contributed by atoms with van der Waals surface area (Å²) in [5.41, 5.74) is 1.55. The van der Waals surface area contributed by atoms with Crippen LogP contribution in [-0.4, -0.2) is 17.0 Å². The molecule has 0 aromatic heterocycles. The lowest BCUT2D eigenvalue weighted by atomic mass is 10.0. The summed E-state index contributed by atoms with van der Waals surface area (Å²) in [6, 6.07) is 16.4. The molecule has 0 radical (unpaired) electrons. The highest BCUT2D eigenvalue weighted by atomic mass is 35.5. The average molecular weight is 428 g/mol. The number of benzene rings is 3. The molecule has 154 valence electrons. The predicted molar refractivity (Wildman–Crippen MR) is 111 cm³/mol. The van der Waals surface area contributed by atoms with Crippen LogP contribution in [0.5, 0.6) is 5.75 Å². The SMILES string of the molecule is C[C@H](NC(=O)c1cc(Cl)ccc1OCc1ccc(F)cc1)c1ccccc1C(=O)O. The van der Waals surface area contributed by atoms with Crippen LogP contribution in [0.15, 0.2) is 66.7 Å². The number of aromatic carboxylic acids is 1. The van der Waals surface area contributed by atoms with E-state index < -0.39 is 17.9 Å². The number of hydrogen-bond donors (Lipinski definition) is 2. The normalized spacial score (nSPS) is 11.6. The van der Waals surface area contributed by atoms with Crippen molar-refractivity contribution in [2.24, 2.45) is 0 Å². The summed E-state index contributed by atoms with van der Waals surface area (Å²) in [6.07, 6.45) is 0. The van der Waals surface area contributed by atoms with Gasteiger partial charge in [0.2, 0.25) is 0 Å². The van der Waals surface area contributed by atoms with Crippen LogP contribution in [0, 0.1) is 5.82 Å². The number of amides is 1. The lowest BCUT2D eigenvalue weighted by Gasteiger charge is -2.18. The number of carboxylic acids is 1. The number of hydrogen-bond acceptors (Lipinski definition) is 3. The van der Waals surface area contributed by atoms with Crippen LogP contribution < -0.4 is 10.1 Å². The van der Waals surface area contributed by atoms with Gasteiger partial charge in [0, 0.05) is 5.02 Å². The smallest absolute Gasteiger partial charge is 0.336 e. The maximum Gasteiger partial charge on any atom is 0.336 e. The number of carbonyl (C=O) groups is 2. The summed E-state index contributed by atoms with van der Waals surface area (Å²) in [5.74, 6) is -1.57. The Bertz CT molecular complexity index is 1070. The molecule has 2 N–H and O–H groups in total. The van der Waals surface area contributed by atoms with Crippen molar-refractivity contribution >= 4 is 23.5 Å². The molecule has 0 fully saturated rings. The zero-order valence-corrected chi connectivity index (χ0v) is 16.8. The fourth-order valence-corrected chi connectivity index (χ4v) is 3.14. The summed E-state index contributed by atoms with van der Waals surface area (Å²) >= 11 is 6.06. The minimum Gasteiger partial charge on any atom is -0.488 e. The number of halogens is 2. The highest BCUT2D eigenvalue weighted by Crippen LogP contribution is 2.26. The number of rotatable bonds is 7. The molecule has 7 heteroatoms. The van der Waals surface area contributed by atoms with E-state index in [-0.39, 0.29) is 23.6 Å². The summed E-state index contributed by atoms with van der Waals surface area (Å²) in [6.45, 7) is 1.84. The third-order valence-corrected chi connectivity index (χ3v) is 4.73. The Hall–Kier alpha value is -3.38. The minimum absolute atomic E-state index is 0.115. The second-order valence-electron chi connectivity index (χ2n) is 6.64. The molecule has 0 saturated carbocycles. The third kappa shape index (κ3) is 5.15. The van der Waals surface area contributed by atoms with Gasteiger partial charge in [0.1, 0.15) is 18.2 Å². The summed E-state index contributed by atoms with van der Waals surface area (Å²) in [7, 11) is 0. The van der Waals surface area contributed by atoms with Gasteiger partial charge in [0.05, 0.1) is 17.2 Å². The van der Waals surface area contributed by atoms with Crippen LogP contribution in [-0.2, 0) is 6.61 Å². The summed E-state index contributed by atoms with van der Waals surface area (Å²) in [5, 5.41) is 12.5. The molecule has 0 aliphatic carbocycles. The van der Waals surface area contributed by atoms with Gasteiger partial charge in [0.15, 0.2) is 0 Å². The Labute approximate surface area is 178 Å². The van der Waals surface area contributed by atoms with Crippen molar-refractivity contribution in [3.8, 4) is 5.75 Å². The topological polar surface area (TPSA) is 75.6 Å². The van der Waals surface area contributed by atoms with Crippen LogP contribution in [0.3, 0.4) is 0 Å². The minimum atomic E-state index is -1.07. The van der Waals surface area contributed by atoms with Gasteiger partial charge in [-0.05, 0) is 54.4 Å². The molecular weight excluding hydrogens is 409 g/mol. The fraction of sp³-hybridized carbons (Fsp3) is 0.130. The summed E-state index contributed by atoms with van der Waals surface area (Å²) < 4.78 is 18.8. The fourth-order valence-electron chi connectivity index (χ4n) is 2.97. The molecule has 5 nitrogen and oxygen atoms in total. The van der Waals surface area contributed by atoms with E-state index in [0.717, 1.165) is 5.56 Å². The van der Waals surface area contributed by atoms with E-state index in [1.54, 1.807) is 49.4 Å². The molecule has 3 aromatic carbocycles. The Kier molecular flexibility index (Phi) is 6.69. The number of ether oxygens (including phenoxy) is 1. The van der Waals surface area contributed by atoms with Crippen LogP contribution in [0.25, 0.3) is 0 Å². The maximum absolute atomic E-state index is 13.1. The van der Waals surface area contributed by atoms with E-state index >= 15 is 0 Å². The van der Waals surface area contributed by atoms with Crippen molar-refractivity contribution < 1.29 is 23.8 Å². The number of nitrogens with one attached hydrogen (secondary N) is 1. The van der Waals surface area contributed by atoms with Gasteiger partial charge in [-0.3, -0.25) is 4.79 Å². The van der Waals surface area contributed by atoms with Crippen molar-refractivity contribution in [2.45, 2.75) is 19.6 Å². The Balaban J connectivity index is 1.79. The molecule has 1 atom stereocenters. The van der Waals surface area contributed by atoms with Crippen LogP contribution in [0.1, 0.15) is 44.8 Å². The molecule has 0 aliphatic rings. The zero-order valence-electron chi connectivity index (χ0n) is 16.1. The maximum atomic E-state index is 13.1. The Morgan fingerprint density at radius 1 is 1.07 bits per heavy atom. The van der Waals surface area contributed by atoms with E-state index in [0.29, 0.717) is 16.3 Å². The van der Waals surface area contributed by atoms with Crippen molar-refractivity contribution in [3.05, 3.63) is 99.8 Å². The van der Waals surface area contributed by atoms with E-state index in [1.165, 1.54) is 24.3 Å². The van der Waals surface area contributed by atoms with E-state index in [1.807, 2.05) is 0 Å². The molecule has 0 bridgehead atoms. The molecule has 0 saturated heterocycles. The van der Waals surface area contributed by atoms with E-state index in [2.05, 4.69) is 5.32 Å². The van der Waals surface area contributed by atoms with Crippen LogP contribution in [0.4, 0.5) is 4.39 Å². The highest BCUT2D eigenvalue weighted by Gasteiger charge is 2.20. The van der Waals surface area contributed by atoms with Crippen molar-refractivity contribution in [1.82, 2.24) is 5.32 Å². The van der Waals surface area contributed by atoms with Crippen molar-refractivity contribution in [2.75, 3.05) is 0 Å². The van der Waals surface area contributed by atoms with Gasteiger partial charge in [-0.25, -0.2) is 9.18 Å². The standard InChI is InChI=1S/C23H19ClFNO4/c1-14(18-4-2-3-5-19(18)23(28)29)26-22(27)20-12-16(24)8-11-21(20)30-13-15-6-9-17(25)10-7-15/h2-12,14H,13H2,1H3,(H,26,27)(H,28,29)/t14-/m0/s1. The van der Waals surface area contributed by atoms with Gasteiger partial charge < -0.3 is 15.2 Å². The monoisotopic (exact) mass is 427 g/mol. The first-order valence-corrected chi connectivity index (χ1v) is 9.53. The second kappa shape index (κ2) is 9.41. The molecule has 0 spiro atoms. The van der Waals surface area contributed by atoms with Gasteiger partial charge in [-0.15, -0.1) is 0 Å². The Morgan fingerprint density at radius 3 is 2.47 bits per heavy atom. The second-order valence-corrected chi connectivity index (χ2v) is 7.08. The predicted octanol–water partition coefficient (Wildman–Crippen LogP) is 5.25. The molecule has 30 heavy (non-hydrogen) atoms. The van der Waals surface area contributed by atoms with Crippen molar-refractivity contribution in [3.63, 3.8) is 0 Å². The number of carbonyl (C=O) groups excluding carboxylic acids is 1. The first kappa shape index (κ1) is 21.3. The first-order chi connectivity index (χ1) is 14.3. The molecule has 0 heterocycles. The number of carboxylic acid groups (broad SMARTS) is 1. The summed E-state index contributed by atoms with van der Waals surface area (Å²) in [4.78, 5) is 24.3. The van der Waals surface area contributed by atoms with Crippen LogP contribution >= 0.6 is 11.6 Å². The highest BCUT2D eigenvalue weighted by molar-refractivity contribution is 6.31. The third-order valence-electron chi connectivity index (χ3n) is 4.50. The quantitative estimate of drug-likeness (QED) is 0.540. The van der Waals surface area contributed by atoms with Gasteiger partial charge in [-0.2, -0.15) is 0 Å². The lowest BCUT2D eigenvalue weighted by molar-refractivity contribution is 0.0693. The largest absolute Gasteiger partial charge is 0.488 e. The average Bonchev–Trinajstić information content (AvgIpc) is 2.73. The van der Waals surface area contributed by atoms with Crippen LogP contribution in [0.2, 0.25) is 5.02 Å². The Morgan fingerprint density at radius 2 is 1.77 bits per heavy atom. The van der Waals surface area contributed by atoms with Gasteiger partial charge >= 0.3 is 5.97 Å². The lowest BCUT2D eigenvalue weighted by Crippen LogP contribution is -2.28. The van der Waals surface area contributed by atoms with Gasteiger partial charge in [0.25, 0.3) is 5.91 Å². The van der Waals surface area contributed by atoms with Crippen molar-refractivity contribution in [1.29, 1.82) is 0 Å².